The van der Waals surface area contributed by atoms with Gasteiger partial charge < -0.3 is 20.5 Å². The molecule has 0 saturated carbocycles. The molecule has 5 rings (SSSR count). The van der Waals surface area contributed by atoms with E-state index >= 15 is 0 Å². The fourth-order valence-corrected chi connectivity index (χ4v) is 3.87. The summed E-state index contributed by atoms with van der Waals surface area (Å²) in [7, 11) is 3.08. The highest BCUT2D eigenvalue weighted by atomic mass is 19.1. The number of rotatable bonds is 5. The van der Waals surface area contributed by atoms with Gasteiger partial charge in [-0.25, -0.2) is 14.4 Å². The van der Waals surface area contributed by atoms with Crippen LogP contribution in [-0.2, 0) is 0 Å². The molecule has 3 N–H and O–H groups in total. The van der Waals surface area contributed by atoms with Crippen LogP contribution >= 0.6 is 0 Å². The second-order valence-electron chi connectivity index (χ2n) is 7.48. The minimum absolute atomic E-state index is 0.131. The van der Waals surface area contributed by atoms with E-state index in [1.54, 1.807) is 42.0 Å². The average Bonchev–Trinajstić information content (AvgIpc) is 3.12. The number of aromatic nitrogens is 3. The molecule has 0 radical (unpaired) electrons. The average molecular weight is 457 g/mol. The van der Waals surface area contributed by atoms with Crippen molar-refractivity contribution >= 4 is 39.6 Å². The number of methoxy groups -OCH3 is 2. The maximum Gasteiger partial charge on any atom is 0.261 e. The summed E-state index contributed by atoms with van der Waals surface area (Å²) < 4.78 is 26.1. The van der Waals surface area contributed by atoms with E-state index in [9.17, 15) is 9.18 Å². The maximum atomic E-state index is 13.7. The van der Waals surface area contributed by atoms with Crippen LogP contribution in [0.3, 0.4) is 0 Å². The second-order valence-corrected chi connectivity index (χ2v) is 7.48. The molecule has 0 aliphatic carbocycles. The molecule has 0 bridgehead atoms. The van der Waals surface area contributed by atoms with E-state index in [4.69, 9.17) is 20.2 Å². The zero-order valence-corrected chi connectivity index (χ0v) is 18.4. The van der Waals surface area contributed by atoms with Crippen molar-refractivity contribution in [3.63, 3.8) is 0 Å². The van der Waals surface area contributed by atoms with Crippen molar-refractivity contribution in [3.05, 3.63) is 78.1 Å². The predicted octanol–water partition coefficient (Wildman–Crippen LogP) is 4.56. The summed E-state index contributed by atoms with van der Waals surface area (Å²) in [6.07, 6.45) is 0. The van der Waals surface area contributed by atoms with Gasteiger partial charge in [-0.1, -0.05) is 18.2 Å². The predicted molar refractivity (Wildman–Crippen MR) is 128 cm³/mol. The van der Waals surface area contributed by atoms with Crippen molar-refractivity contribution in [1.82, 2.24) is 14.5 Å². The highest BCUT2D eigenvalue weighted by Crippen LogP contribution is 2.35. The first-order chi connectivity index (χ1) is 16.5. The lowest BCUT2D eigenvalue weighted by molar-refractivity contribution is 0.102. The molecule has 0 aliphatic rings. The number of para-hydroxylation sites is 2. The van der Waals surface area contributed by atoms with E-state index in [1.165, 1.54) is 25.3 Å². The Morgan fingerprint density at radius 2 is 1.68 bits per heavy atom. The van der Waals surface area contributed by atoms with Gasteiger partial charge in [0.15, 0.2) is 17.1 Å². The Morgan fingerprint density at radius 3 is 2.38 bits per heavy atom. The molecule has 0 unspecified atom stereocenters. The van der Waals surface area contributed by atoms with Crippen LogP contribution < -0.4 is 20.5 Å². The molecular weight excluding hydrogens is 437 g/mol. The lowest BCUT2D eigenvalue weighted by Gasteiger charge is -2.12. The Hall–Kier alpha value is -4.66. The molecular formula is C25H20FN5O3. The molecule has 0 atom stereocenters. The van der Waals surface area contributed by atoms with Crippen LogP contribution in [0.2, 0.25) is 0 Å². The number of hydrogen-bond acceptors (Lipinski definition) is 6. The number of nitrogen functional groups attached to an aromatic ring is 1. The molecule has 2 heterocycles. The van der Waals surface area contributed by atoms with Crippen molar-refractivity contribution in [2.24, 2.45) is 0 Å². The van der Waals surface area contributed by atoms with E-state index in [0.717, 1.165) is 0 Å². The third kappa shape index (κ3) is 3.53. The van der Waals surface area contributed by atoms with Gasteiger partial charge in [0.25, 0.3) is 5.91 Å². The van der Waals surface area contributed by atoms with Gasteiger partial charge in [0.2, 0.25) is 0 Å². The van der Waals surface area contributed by atoms with Gasteiger partial charge >= 0.3 is 0 Å². The molecule has 3 aromatic carbocycles. The van der Waals surface area contributed by atoms with Crippen molar-refractivity contribution < 1.29 is 18.7 Å². The van der Waals surface area contributed by atoms with Crippen LogP contribution in [0.25, 0.3) is 27.9 Å². The highest BCUT2D eigenvalue weighted by molar-refractivity contribution is 6.16. The molecule has 170 valence electrons. The molecule has 5 aromatic rings. The number of halogens is 1. The number of ether oxygens (including phenoxy) is 2. The minimum Gasteiger partial charge on any atom is -0.493 e. The summed E-state index contributed by atoms with van der Waals surface area (Å²) in [5.41, 5.74) is 9.54. The van der Waals surface area contributed by atoms with Gasteiger partial charge in [0.1, 0.15) is 22.7 Å². The molecule has 8 nitrogen and oxygen atoms in total. The quantitative estimate of drug-likeness (QED) is 0.401. The number of amides is 1. The van der Waals surface area contributed by atoms with Crippen LogP contribution in [0.1, 0.15) is 10.4 Å². The Bertz CT molecular complexity index is 1560. The van der Waals surface area contributed by atoms with Gasteiger partial charge in [-0.05, 0) is 42.5 Å². The summed E-state index contributed by atoms with van der Waals surface area (Å²) in [5, 5.41) is 2.70. The van der Waals surface area contributed by atoms with E-state index in [-0.39, 0.29) is 11.4 Å². The van der Waals surface area contributed by atoms with Gasteiger partial charge in [-0.15, -0.1) is 0 Å². The van der Waals surface area contributed by atoms with E-state index in [1.807, 2.05) is 18.2 Å². The van der Waals surface area contributed by atoms with Crippen molar-refractivity contribution in [2.75, 3.05) is 25.3 Å². The number of anilines is 2. The topological polar surface area (TPSA) is 104 Å². The SMILES string of the molecule is COc1ccc(-n2c(N)c(C(=O)Nc3cccc(F)c3)c3nc4ccccc4nc32)cc1OC. The van der Waals surface area contributed by atoms with Crippen LogP contribution in [-0.4, -0.2) is 34.7 Å². The molecule has 0 saturated heterocycles. The Labute approximate surface area is 193 Å². The highest BCUT2D eigenvalue weighted by Gasteiger charge is 2.25. The summed E-state index contributed by atoms with van der Waals surface area (Å²) >= 11 is 0. The Balaban J connectivity index is 1.75. The number of nitrogens with one attached hydrogen (secondary N) is 1. The second kappa shape index (κ2) is 8.36. The normalized spacial score (nSPS) is 11.0. The molecule has 9 heteroatoms. The third-order valence-electron chi connectivity index (χ3n) is 5.43. The first-order valence-electron chi connectivity index (χ1n) is 10.4. The number of hydrogen-bond donors (Lipinski definition) is 2. The van der Waals surface area contributed by atoms with Crippen LogP contribution in [0.4, 0.5) is 15.9 Å². The number of nitrogens with two attached hydrogens (primary N) is 1. The summed E-state index contributed by atoms with van der Waals surface area (Å²) in [5.74, 6) is 0.162. The van der Waals surface area contributed by atoms with Crippen molar-refractivity contribution in [3.8, 4) is 17.2 Å². The van der Waals surface area contributed by atoms with Crippen molar-refractivity contribution in [1.29, 1.82) is 0 Å². The number of carbonyl (C=O) groups is 1. The van der Waals surface area contributed by atoms with Gasteiger partial charge in [0, 0.05) is 11.8 Å². The smallest absolute Gasteiger partial charge is 0.261 e. The monoisotopic (exact) mass is 457 g/mol. The summed E-state index contributed by atoms with van der Waals surface area (Å²) in [6.45, 7) is 0. The first kappa shape index (κ1) is 21.2. The van der Waals surface area contributed by atoms with E-state index in [0.29, 0.717) is 45.1 Å². The Morgan fingerprint density at radius 1 is 0.941 bits per heavy atom. The van der Waals surface area contributed by atoms with Gasteiger partial charge in [-0.3, -0.25) is 9.36 Å². The third-order valence-corrected chi connectivity index (χ3v) is 5.43. The van der Waals surface area contributed by atoms with Gasteiger partial charge in [0.05, 0.1) is 30.9 Å². The molecule has 0 fully saturated rings. The summed E-state index contributed by atoms with van der Waals surface area (Å²) in [6, 6.07) is 18.2. The number of nitrogens with zero attached hydrogens (tertiary/aromatic N) is 3. The van der Waals surface area contributed by atoms with Crippen LogP contribution in [0.5, 0.6) is 11.5 Å². The van der Waals surface area contributed by atoms with Gasteiger partial charge in [-0.2, -0.15) is 0 Å². The minimum atomic E-state index is -0.531. The maximum absolute atomic E-state index is 13.7. The fourth-order valence-electron chi connectivity index (χ4n) is 3.87. The lowest BCUT2D eigenvalue weighted by Crippen LogP contribution is -2.14. The molecule has 34 heavy (non-hydrogen) atoms. The number of carbonyl (C=O) groups excluding carboxylic acids is 1. The Kier molecular flexibility index (Phi) is 5.21. The standard InChI is InChI=1S/C25H20FN5O3/c1-33-19-11-10-16(13-20(19)34-2)31-23(27)21(25(32)28-15-7-5-6-14(26)12-15)22-24(31)30-18-9-4-3-8-17(18)29-22/h3-13H,27H2,1-2H3,(H,28,32). The largest absolute Gasteiger partial charge is 0.493 e. The first-order valence-corrected chi connectivity index (χ1v) is 10.4. The zero-order chi connectivity index (χ0) is 23.8. The number of benzene rings is 3. The van der Waals surface area contributed by atoms with Crippen molar-refractivity contribution in [2.45, 2.75) is 0 Å². The van der Waals surface area contributed by atoms with Crippen LogP contribution in [0.15, 0.2) is 66.7 Å². The molecule has 0 spiro atoms. The lowest BCUT2D eigenvalue weighted by atomic mass is 10.2. The van der Waals surface area contributed by atoms with E-state index in [2.05, 4.69) is 10.3 Å². The fraction of sp³-hybridized carbons (Fsp3) is 0.0800. The number of fused-ring (bicyclic) bond motifs is 2. The van der Waals surface area contributed by atoms with E-state index < -0.39 is 11.7 Å². The summed E-state index contributed by atoms with van der Waals surface area (Å²) in [4.78, 5) is 22.8. The van der Waals surface area contributed by atoms with Crippen LogP contribution in [0, 0.1) is 5.82 Å². The zero-order valence-electron chi connectivity index (χ0n) is 18.4. The molecule has 0 aliphatic heterocycles. The molecule has 2 aromatic heterocycles. The molecule has 1 amide bonds.